The van der Waals surface area contributed by atoms with E-state index in [0.29, 0.717) is 12.5 Å². The van der Waals surface area contributed by atoms with Crippen LogP contribution in [0.5, 0.6) is 0 Å². The number of anilines is 1. The van der Waals surface area contributed by atoms with Crippen LogP contribution in [-0.2, 0) is 4.74 Å². The summed E-state index contributed by atoms with van der Waals surface area (Å²) in [6.45, 7) is 0.712. The molecule has 3 atom stereocenters. The maximum absolute atomic E-state index is 13.4. The van der Waals surface area contributed by atoms with Gasteiger partial charge in [-0.1, -0.05) is 0 Å². The highest BCUT2D eigenvalue weighted by atomic mass is 19.1. The second-order valence-electron chi connectivity index (χ2n) is 5.11. The lowest BCUT2D eigenvalue weighted by atomic mass is 9.83. The van der Waals surface area contributed by atoms with Crippen molar-refractivity contribution in [1.82, 2.24) is 0 Å². The molecule has 4 heteroatoms. The van der Waals surface area contributed by atoms with Gasteiger partial charge in [0.05, 0.1) is 18.4 Å². The van der Waals surface area contributed by atoms with Gasteiger partial charge in [0.25, 0.3) is 0 Å². The van der Waals surface area contributed by atoms with E-state index in [9.17, 15) is 4.39 Å². The van der Waals surface area contributed by atoms with Crippen molar-refractivity contribution in [2.75, 3.05) is 11.9 Å². The highest BCUT2D eigenvalue weighted by molar-refractivity contribution is 5.56. The lowest BCUT2D eigenvalue weighted by molar-refractivity contribution is 0.0805. The van der Waals surface area contributed by atoms with E-state index in [4.69, 9.17) is 9.15 Å². The summed E-state index contributed by atoms with van der Waals surface area (Å²) in [6.07, 6.45) is 2.60. The first kappa shape index (κ1) is 11.1. The number of rotatable bonds is 1. The third kappa shape index (κ3) is 1.67. The second kappa shape index (κ2) is 4.10. The van der Waals surface area contributed by atoms with Gasteiger partial charge in [0.1, 0.15) is 11.6 Å². The number of hydrogen-bond donors (Lipinski definition) is 1. The molecule has 0 aliphatic carbocycles. The van der Waals surface area contributed by atoms with E-state index in [1.54, 1.807) is 18.4 Å². The van der Waals surface area contributed by atoms with Crippen LogP contribution in [0.4, 0.5) is 10.1 Å². The fourth-order valence-electron chi connectivity index (χ4n) is 3.19. The molecule has 19 heavy (non-hydrogen) atoms. The SMILES string of the molecule is Fc1ccc2c(c1)[C@H]1OCC[C@@H]1[C@H](c1ccco1)N2. The van der Waals surface area contributed by atoms with Crippen molar-refractivity contribution in [3.05, 3.63) is 53.7 Å². The zero-order valence-electron chi connectivity index (χ0n) is 10.3. The molecule has 1 aromatic heterocycles. The van der Waals surface area contributed by atoms with Gasteiger partial charge in [-0.05, 0) is 36.8 Å². The summed E-state index contributed by atoms with van der Waals surface area (Å²) in [5.41, 5.74) is 1.86. The number of halogens is 1. The van der Waals surface area contributed by atoms with Crippen LogP contribution in [0.15, 0.2) is 41.0 Å². The van der Waals surface area contributed by atoms with E-state index in [2.05, 4.69) is 5.32 Å². The normalized spacial score (nSPS) is 28.6. The standard InChI is InChI=1S/C15H14FNO2/c16-9-3-4-12-11(8-9)15-10(5-7-19-15)14(17-12)13-2-1-6-18-13/h1-4,6,8,10,14-15,17H,5,7H2/t10-,14-,15+/m1/s1. The molecule has 3 heterocycles. The van der Waals surface area contributed by atoms with E-state index in [-0.39, 0.29) is 18.0 Å². The number of furan rings is 1. The molecule has 1 fully saturated rings. The Balaban J connectivity index is 1.80. The monoisotopic (exact) mass is 259 g/mol. The third-order valence-corrected chi connectivity index (χ3v) is 4.05. The predicted octanol–water partition coefficient (Wildman–Crippen LogP) is 3.66. The molecule has 0 unspecified atom stereocenters. The molecular weight excluding hydrogens is 245 g/mol. The van der Waals surface area contributed by atoms with Crippen LogP contribution in [0.25, 0.3) is 0 Å². The average Bonchev–Trinajstić information content (AvgIpc) is 3.09. The molecule has 0 spiro atoms. The minimum absolute atomic E-state index is 0.0398. The van der Waals surface area contributed by atoms with Gasteiger partial charge in [0.15, 0.2) is 0 Å². The van der Waals surface area contributed by atoms with E-state index < -0.39 is 0 Å². The number of nitrogens with one attached hydrogen (secondary N) is 1. The van der Waals surface area contributed by atoms with Gasteiger partial charge in [0.2, 0.25) is 0 Å². The quantitative estimate of drug-likeness (QED) is 0.848. The van der Waals surface area contributed by atoms with Crippen LogP contribution in [0, 0.1) is 11.7 Å². The van der Waals surface area contributed by atoms with Crippen LogP contribution >= 0.6 is 0 Å². The van der Waals surface area contributed by atoms with E-state index in [1.807, 2.05) is 12.1 Å². The topological polar surface area (TPSA) is 34.4 Å². The number of hydrogen-bond acceptors (Lipinski definition) is 3. The number of fused-ring (bicyclic) bond motifs is 3. The Morgan fingerprint density at radius 3 is 3.05 bits per heavy atom. The summed E-state index contributed by atoms with van der Waals surface area (Å²) < 4.78 is 24.8. The van der Waals surface area contributed by atoms with Crippen molar-refractivity contribution in [3.8, 4) is 0 Å². The molecule has 2 aliphatic rings. The first-order valence-corrected chi connectivity index (χ1v) is 6.54. The van der Waals surface area contributed by atoms with Crippen LogP contribution in [0.3, 0.4) is 0 Å². The number of benzene rings is 1. The molecule has 3 nitrogen and oxygen atoms in total. The Morgan fingerprint density at radius 1 is 1.26 bits per heavy atom. The van der Waals surface area contributed by atoms with E-state index in [0.717, 1.165) is 23.4 Å². The van der Waals surface area contributed by atoms with Gasteiger partial charge in [-0.15, -0.1) is 0 Å². The van der Waals surface area contributed by atoms with Gasteiger partial charge >= 0.3 is 0 Å². The van der Waals surface area contributed by atoms with Gasteiger partial charge in [0, 0.05) is 23.8 Å². The smallest absolute Gasteiger partial charge is 0.126 e. The summed E-state index contributed by atoms with van der Waals surface area (Å²) in [5.74, 6) is 0.988. The Kier molecular flexibility index (Phi) is 2.38. The first-order chi connectivity index (χ1) is 9.33. The van der Waals surface area contributed by atoms with Gasteiger partial charge in [-0.25, -0.2) is 4.39 Å². The lowest BCUT2D eigenvalue weighted by Crippen LogP contribution is -2.29. The molecule has 2 aromatic rings. The van der Waals surface area contributed by atoms with Crippen molar-refractivity contribution in [2.24, 2.45) is 5.92 Å². The molecule has 0 radical (unpaired) electrons. The molecule has 1 aromatic carbocycles. The first-order valence-electron chi connectivity index (χ1n) is 6.54. The summed E-state index contributed by atoms with van der Waals surface area (Å²) in [7, 11) is 0. The van der Waals surface area contributed by atoms with E-state index in [1.165, 1.54) is 6.07 Å². The van der Waals surface area contributed by atoms with E-state index >= 15 is 0 Å². The minimum Gasteiger partial charge on any atom is -0.467 e. The van der Waals surface area contributed by atoms with Crippen molar-refractivity contribution < 1.29 is 13.5 Å². The Labute approximate surface area is 110 Å². The van der Waals surface area contributed by atoms with Crippen molar-refractivity contribution in [2.45, 2.75) is 18.6 Å². The summed E-state index contributed by atoms with van der Waals surface area (Å²) in [4.78, 5) is 0. The molecule has 1 N–H and O–H groups in total. The number of ether oxygens (including phenoxy) is 1. The van der Waals surface area contributed by atoms with Gasteiger partial charge in [-0.3, -0.25) is 0 Å². The minimum atomic E-state index is -0.216. The molecule has 0 saturated carbocycles. The second-order valence-corrected chi connectivity index (χ2v) is 5.11. The largest absolute Gasteiger partial charge is 0.467 e. The van der Waals surface area contributed by atoms with Crippen LogP contribution in [-0.4, -0.2) is 6.61 Å². The summed E-state index contributed by atoms with van der Waals surface area (Å²) in [5, 5.41) is 3.46. The molecule has 4 rings (SSSR count). The Morgan fingerprint density at radius 2 is 2.21 bits per heavy atom. The van der Waals surface area contributed by atoms with Crippen molar-refractivity contribution in [1.29, 1.82) is 0 Å². The third-order valence-electron chi connectivity index (χ3n) is 4.05. The lowest BCUT2D eigenvalue weighted by Gasteiger charge is -2.35. The molecule has 1 saturated heterocycles. The van der Waals surface area contributed by atoms with Crippen LogP contribution in [0.2, 0.25) is 0 Å². The molecule has 98 valence electrons. The molecular formula is C15H14FNO2. The Bertz CT molecular complexity index is 596. The zero-order chi connectivity index (χ0) is 12.8. The van der Waals surface area contributed by atoms with Gasteiger partial charge < -0.3 is 14.5 Å². The Hall–Kier alpha value is -1.81. The summed E-state index contributed by atoms with van der Waals surface area (Å²) >= 11 is 0. The summed E-state index contributed by atoms with van der Waals surface area (Å²) in [6, 6.07) is 8.78. The maximum atomic E-state index is 13.4. The fourth-order valence-corrected chi connectivity index (χ4v) is 3.19. The van der Waals surface area contributed by atoms with Crippen LogP contribution < -0.4 is 5.32 Å². The molecule has 0 bridgehead atoms. The highest BCUT2D eigenvalue weighted by Crippen LogP contribution is 2.49. The molecule has 2 aliphatic heterocycles. The zero-order valence-corrected chi connectivity index (χ0v) is 10.3. The fraction of sp³-hybridized carbons (Fsp3) is 0.333. The van der Waals surface area contributed by atoms with Crippen molar-refractivity contribution in [3.63, 3.8) is 0 Å². The highest BCUT2D eigenvalue weighted by Gasteiger charge is 2.42. The van der Waals surface area contributed by atoms with Crippen LogP contribution in [0.1, 0.15) is 29.9 Å². The maximum Gasteiger partial charge on any atom is 0.126 e. The molecule has 0 amide bonds. The average molecular weight is 259 g/mol. The van der Waals surface area contributed by atoms with Crippen molar-refractivity contribution >= 4 is 5.69 Å². The van der Waals surface area contributed by atoms with Gasteiger partial charge in [-0.2, -0.15) is 0 Å². The predicted molar refractivity (Wildman–Crippen MR) is 68.3 cm³/mol.